The van der Waals surface area contributed by atoms with Gasteiger partial charge in [0.05, 0.1) is 5.69 Å². The molecule has 0 spiro atoms. The minimum atomic E-state index is -0.307. The molecule has 0 aliphatic heterocycles. The van der Waals surface area contributed by atoms with E-state index in [1.54, 1.807) is 36.4 Å². The van der Waals surface area contributed by atoms with Gasteiger partial charge in [0, 0.05) is 27.6 Å². The SMILES string of the molecule is Cc1sc(NC(=O)c2cccc(NC(=O)C3CC3C)c2)nc1-c1ccc(F)cc1. The van der Waals surface area contributed by atoms with E-state index < -0.39 is 0 Å². The highest BCUT2D eigenvalue weighted by Gasteiger charge is 2.39. The van der Waals surface area contributed by atoms with Crippen LogP contribution in [0.5, 0.6) is 0 Å². The number of nitrogens with one attached hydrogen (secondary N) is 2. The van der Waals surface area contributed by atoms with E-state index in [0.29, 0.717) is 28.0 Å². The summed E-state index contributed by atoms with van der Waals surface area (Å²) in [6, 6.07) is 12.9. The summed E-state index contributed by atoms with van der Waals surface area (Å²) in [5.74, 6) is -0.131. The number of thiazole rings is 1. The molecule has 4 rings (SSSR count). The van der Waals surface area contributed by atoms with Crippen molar-refractivity contribution in [3.8, 4) is 11.3 Å². The predicted molar refractivity (Wildman–Crippen MR) is 113 cm³/mol. The number of anilines is 2. The van der Waals surface area contributed by atoms with Gasteiger partial charge in [-0.3, -0.25) is 14.9 Å². The van der Waals surface area contributed by atoms with Crippen LogP contribution in [-0.2, 0) is 4.79 Å². The molecule has 1 aliphatic carbocycles. The summed E-state index contributed by atoms with van der Waals surface area (Å²) >= 11 is 1.36. The van der Waals surface area contributed by atoms with Crippen molar-refractivity contribution in [2.24, 2.45) is 11.8 Å². The number of rotatable bonds is 5. The third-order valence-electron chi connectivity index (χ3n) is 4.97. The van der Waals surface area contributed by atoms with E-state index >= 15 is 0 Å². The molecule has 5 nitrogen and oxygen atoms in total. The monoisotopic (exact) mass is 409 g/mol. The molecule has 1 fully saturated rings. The molecule has 7 heteroatoms. The molecular formula is C22H20FN3O2S. The van der Waals surface area contributed by atoms with E-state index in [2.05, 4.69) is 15.6 Å². The molecule has 2 aromatic carbocycles. The zero-order chi connectivity index (χ0) is 20.5. The number of amides is 2. The number of carbonyl (C=O) groups excluding carboxylic acids is 2. The van der Waals surface area contributed by atoms with Crippen molar-refractivity contribution in [3.63, 3.8) is 0 Å². The number of carbonyl (C=O) groups is 2. The topological polar surface area (TPSA) is 71.1 Å². The second kappa shape index (κ2) is 7.75. The Labute approximate surface area is 172 Å². The summed E-state index contributed by atoms with van der Waals surface area (Å²) in [6.07, 6.45) is 0.909. The van der Waals surface area contributed by atoms with Gasteiger partial charge < -0.3 is 5.32 Å². The van der Waals surface area contributed by atoms with E-state index in [0.717, 1.165) is 16.9 Å². The minimum Gasteiger partial charge on any atom is -0.326 e. The van der Waals surface area contributed by atoms with Crippen molar-refractivity contribution in [2.45, 2.75) is 20.3 Å². The van der Waals surface area contributed by atoms with Crippen LogP contribution in [0.25, 0.3) is 11.3 Å². The van der Waals surface area contributed by atoms with Crippen LogP contribution in [0, 0.1) is 24.6 Å². The van der Waals surface area contributed by atoms with Gasteiger partial charge in [-0.15, -0.1) is 11.3 Å². The fraction of sp³-hybridized carbons (Fsp3) is 0.227. The van der Waals surface area contributed by atoms with Crippen LogP contribution in [0.15, 0.2) is 48.5 Å². The molecule has 2 N–H and O–H groups in total. The van der Waals surface area contributed by atoms with Gasteiger partial charge in [0.2, 0.25) is 5.91 Å². The standard InChI is InChI=1S/C22H20FN3O2S/c1-12-10-18(12)21(28)24-17-5-3-4-15(11-17)20(27)26-22-25-19(13(2)29-22)14-6-8-16(23)9-7-14/h3-9,11-12,18H,10H2,1-2H3,(H,24,28)(H,25,26,27). The molecule has 1 saturated carbocycles. The van der Waals surface area contributed by atoms with Crippen LogP contribution in [0.3, 0.4) is 0 Å². The average molecular weight is 409 g/mol. The summed E-state index contributed by atoms with van der Waals surface area (Å²) in [6.45, 7) is 3.95. The number of aromatic nitrogens is 1. The van der Waals surface area contributed by atoms with Crippen molar-refractivity contribution in [2.75, 3.05) is 10.6 Å². The molecule has 2 atom stereocenters. The molecule has 0 radical (unpaired) electrons. The molecule has 2 unspecified atom stereocenters. The number of hydrogen-bond donors (Lipinski definition) is 2. The van der Waals surface area contributed by atoms with Crippen molar-refractivity contribution in [1.29, 1.82) is 0 Å². The van der Waals surface area contributed by atoms with Gasteiger partial charge in [-0.1, -0.05) is 13.0 Å². The third kappa shape index (κ3) is 4.35. The summed E-state index contributed by atoms with van der Waals surface area (Å²) < 4.78 is 13.1. The second-order valence-corrected chi connectivity index (χ2v) is 8.48. The highest BCUT2D eigenvalue weighted by Crippen LogP contribution is 2.38. The second-order valence-electron chi connectivity index (χ2n) is 7.27. The van der Waals surface area contributed by atoms with Gasteiger partial charge in [0.25, 0.3) is 5.91 Å². The minimum absolute atomic E-state index is 0.00505. The quantitative estimate of drug-likeness (QED) is 0.616. The van der Waals surface area contributed by atoms with E-state index in [9.17, 15) is 14.0 Å². The maximum Gasteiger partial charge on any atom is 0.257 e. The zero-order valence-electron chi connectivity index (χ0n) is 16.0. The van der Waals surface area contributed by atoms with Crippen molar-refractivity contribution in [1.82, 2.24) is 4.98 Å². The maximum absolute atomic E-state index is 13.1. The molecule has 0 saturated heterocycles. The largest absolute Gasteiger partial charge is 0.326 e. The van der Waals surface area contributed by atoms with Crippen molar-refractivity contribution >= 4 is 34.0 Å². The summed E-state index contributed by atoms with van der Waals surface area (Å²) in [4.78, 5) is 30.2. The van der Waals surface area contributed by atoms with Crippen molar-refractivity contribution < 1.29 is 14.0 Å². The van der Waals surface area contributed by atoms with Gasteiger partial charge in [0.15, 0.2) is 5.13 Å². The Balaban J connectivity index is 1.47. The summed E-state index contributed by atoms with van der Waals surface area (Å²) in [5.41, 5.74) is 2.54. The molecule has 0 bridgehead atoms. The van der Waals surface area contributed by atoms with Gasteiger partial charge in [-0.05, 0) is 61.7 Å². The van der Waals surface area contributed by atoms with Crippen LogP contribution in [-0.4, -0.2) is 16.8 Å². The summed E-state index contributed by atoms with van der Waals surface area (Å²) in [7, 11) is 0. The number of nitrogens with zero attached hydrogens (tertiary/aromatic N) is 1. The lowest BCUT2D eigenvalue weighted by molar-refractivity contribution is -0.117. The first-order valence-electron chi connectivity index (χ1n) is 9.36. The van der Waals surface area contributed by atoms with Crippen LogP contribution in [0.1, 0.15) is 28.6 Å². The Bertz CT molecular complexity index is 1080. The fourth-order valence-corrected chi connectivity index (χ4v) is 3.99. The van der Waals surface area contributed by atoms with Gasteiger partial charge >= 0.3 is 0 Å². The Morgan fingerprint density at radius 3 is 2.55 bits per heavy atom. The number of benzene rings is 2. The Hall–Kier alpha value is -3.06. The van der Waals surface area contributed by atoms with Crippen LogP contribution in [0.4, 0.5) is 15.2 Å². The molecule has 29 heavy (non-hydrogen) atoms. The first kappa shape index (κ1) is 19.3. The molecule has 1 aliphatic rings. The van der Waals surface area contributed by atoms with Crippen molar-refractivity contribution in [3.05, 3.63) is 64.8 Å². The van der Waals surface area contributed by atoms with Gasteiger partial charge in [-0.25, -0.2) is 9.37 Å². The zero-order valence-corrected chi connectivity index (χ0v) is 16.8. The molecule has 1 aromatic heterocycles. The Morgan fingerprint density at radius 1 is 1.14 bits per heavy atom. The highest BCUT2D eigenvalue weighted by molar-refractivity contribution is 7.16. The first-order valence-corrected chi connectivity index (χ1v) is 10.2. The molecular weight excluding hydrogens is 389 g/mol. The predicted octanol–water partition coefficient (Wildman–Crippen LogP) is 5.10. The van der Waals surface area contributed by atoms with E-state index in [1.165, 1.54) is 23.5 Å². The third-order valence-corrected chi connectivity index (χ3v) is 5.86. The lowest BCUT2D eigenvalue weighted by Gasteiger charge is -2.07. The lowest BCUT2D eigenvalue weighted by Crippen LogP contribution is -2.16. The van der Waals surface area contributed by atoms with Gasteiger partial charge in [-0.2, -0.15) is 0 Å². The van der Waals surface area contributed by atoms with Crippen LogP contribution in [0.2, 0.25) is 0 Å². The molecule has 2 amide bonds. The first-order chi connectivity index (χ1) is 13.9. The average Bonchev–Trinajstić information content (AvgIpc) is 3.33. The molecule has 3 aromatic rings. The number of halogens is 1. The lowest BCUT2D eigenvalue weighted by atomic mass is 10.1. The highest BCUT2D eigenvalue weighted by atomic mass is 32.1. The fourth-order valence-electron chi connectivity index (χ4n) is 3.16. The molecule has 148 valence electrons. The smallest absolute Gasteiger partial charge is 0.257 e. The number of aryl methyl sites for hydroxylation is 1. The van der Waals surface area contributed by atoms with Crippen LogP contribution < -0.4 is 10.6 Å². The van der Waals surface area contributed by atoms with E-state index in [4.69, 9.17) is 0 Å². The Morgan fingerprint density at radius 2 is 1.86 bits per heavy atom. The normalized spacial score (nSPS) is 17.6. The summed E-state index contributed by atoms with van der Waals surface area (Å²) in [5, 5.41) is 6.14. The van der Waals surface area contributed by atoms with Crippen LogP contribution >= 0.6 is 11.3 Å². The number of hydrogen-bond acceptors (Lipinski definition) is 4. The maximum atomic E-state index is 13.1. The Kier molecular flexibility index (Phi) is 5.15. The van der Waals surface area contributed by atoms with Gasteiger partial charge in [0.1, 0.15) is 5.82 Å². The molecule has 1 heterocycles. The van der Waals surface area contributed by atoms with E-state index in [1.807, 2.05) is 13.8 Å². The van der Waals surface area contributed by atoms with E-state index in [-0.39, 0.29) is 23.5 Å².